The van der Waals surface area contributed by atoms with Crippen molar-refractivity contribution in [3.63, 3.8) is 0 Å². The number of benzene rings is 2. The van der Waals surface area contributed by atoms with Crippen LogP contribution in [0.1, 0.15) is 70.3 Å². The SMILES string of the molecule is COCC[N+](CCOC)=c1ccc2c(C(C)(C)C)cc(/C=C/C=C/C=C/C=C3/N(CCCS(=O)(=O)[O-])c4ccc(S(=O)(=O)[O-])cc4C3(C)CCCC(=O)O)oc-2c1. The molecule has 4 rings (SSSR count). The summed E-state index contributed by atoms with van der Waals surface area (Å²) in [4.78, 5) is 12.8. The molecule has 0 spiro atoms. The van der Waals surface area contributed by atoms with E-state index >= 15 is 0 Å². The predicted molar refractivity (Wildman–Crippen MR) is 218 cm³/mol. The van der Waals surface area contributed by atoms with Crippen LogP contribution in [0.2, 0.25) is 0 Å². The van der Waals surface area contributed by atoms with E-state index in [4.69, 9.17) is 13.9 Å². The van der Waals surface area contributed by atoms with Gasteiger partial charge < -0.3 is 33.0 Å². The Morgan fingerprint density at radius 2 is 1.60 bits per heavy atom. The van der Waals surface area contributed by atoms with Crippen LogP contribution >= 0.6 is 0 Å². The van der Waals surface area contributed by atoms with Crippen molar-refractivity contribution >= 4 is 38.0 Å². The quantitative estimate of drug-likeness (QED) is 0.0893. The molecule has 0 radical (unpaired) electrons. The molecule has 3 aliphatic rings. The van der Waals surface area contributed by atoms with Gasteiger partial charge in [0.05, 0.1) is 21.1 Å². The molecule has 2 heterocycles. The molecule has 1 N–H and O–H groups in total. The van der Waals surface area contributed by atoms with Crippen LogP contribution in [0.25, 0.3) is 17.4 Å². The van der Waals surface area contributed by atoms with Crippen LogP contribution in [0, 0.1) is 0 Å². The van der Waals surface area contributed by atoms with E-state index in [1.165, 1.54) is 18.2 Å². The molecular weight excluding hydrogens is 773 g/mol. The molecule has 0 bridgehead atoms. The average Bonchev–Trinajstić information content (AvgIpc) is 3.35. The predicted octanol–water partition coefficient (Wildman–Crippen LogP) is 5.63. The van der Waals surface area contributed by atoms with E-state index in [-0.39, 0.29) is 37.6 Å². The van der Waals surface area contributed by atoms with Crippen molar-refractivity contribution in [3.8, 4) is 11.3 Å². The molecule has 1 aromatic carbocycles. The minimum absolute atomic E-state index is 0.0121. The number of fused-ring (bicyclic) bond motifs is 2. The summed E-state index contributed by atoms with van der Waals surface area (Å²) in [5.41, 5.74) is 2.72. The van der Waals surface area contributed by atoms with Crippen LogP contribution in [0.15, 0.2) is 93.9 Å². The Balaban J connectivity index is 1.69. The van der Waals surface area contributed by atoms with E-state index in [9.17, 15) is 35.8 Å². The summed E-state index contributed by atoms with van der Waals surface area (Å²) >= 11 is 0. The van der Waals surface area contributed by atoms with Gasteiger partial charge in [0.15, 0.2) is 13.1 Å². The number of rotatable bonds is 19. The fourth-order valence-electron chi connectivity index (χ4n) is 7.04. The zero-order valence-corrected chi connectivity index (χ0v) is 35.0. The van der Waals surface area contributed by atoms with Crippen molar-refractivity contribution in [1.29, 1.82) is 0 Å². The summed E-state index contributed by atoms with van der Waals surface area (Å²) < 4.78 is 89.6. The Morgan fingerprint density at radius 3 is 2.21 bits per heavy atom. The molecule has 0 amide bonds. The zero-order valence-electron chi connectivity index (χ0n) is 33.4. The van der Waals surface area contributed by atoms with Gasteiger partial charge in [0.25, 0.3) is 0 Å². The Kier molecular flexibility index (Phi) is 15.4. The number of allylic oxidation sites excluding steroid dienone is 7. The number of carbonyl (C=O) groups is 1. The van der Waals surface area contributed by atoms with Crippen molar-refractivity contribution in [1.82, 2.24) is 4.58 Å². The van der Waals surface area contributed by atoms with E-state index in [1.807, 2.05) is 37.3 Å². The molecule has 0 saturated heterocycles. The van der Waals surface area contributed by atoms with Crippen molar-refractivity contribution in [2.24, 2.45) is 0 Å². The van der Waals surface area contributed by atoms with Crippen LogP contribution in [0.3, 0.4) is 0 Å². The fraction of sp³-hybridized carbons (Fsp3) is 0.429. The third-order valence-corrected chi connectivity index (χ3v) is 11.5. The van der Waals surface area contributed by atoms with E-state index in [0.29, 0.717) is 49.0 Å². The third-order valence-electron chi connectivity index (χ3n) is 9.87. The number of carboxylic acids is 1. The maximum Gasteiger partial charge on any atom is 0.303 e. The van der Waals surface area contributed by atoms with Crippen LogP contribution < -0.4 is 14.8 Å². The summed E-state index contributed by atoms with van der Waals surface area (Å²) in [6, 6.07) is 12.2. The molecule has 1 atom stereocenters. The second-order valence-corrected chi connectivity index (χ2v) is 18.0. The molecule has 13 nitrogen and oxygen atoms in total. The molecule has 1 unspecified atom stereocenters. The van der Waals surface area contributed by atoms with Crippen LogP contribution in [-0.4, -0.2) is 89.8 Å². The lowest BCUT2D eigenvalue weighted by Crippen LogP contribution is -2.35. The summed E-state index contributed by atoms with van der Waals surface area (Å²) in [6.45, 7) is 10.9. The summed E-state index contributed by atoms with van der Waals surface area (Å²) in [5, 5.41) is 10.3. The number of hydrogen-bond acceptors (Lipinski definition) is 11. The van der Waals surface area contributed by atoms with Crippen LogP contribution in [-0.2, 0) is 45.3 Å². The first kappa shape index (κ1) is 45.3. The molecule has 15 heteroatoms. The lowest BCUT2D eigenvalue weighted by molar-refractivity contribution is -0.137. The van der Waals surface area contributed by atoms with Gasteiger partial charge in [-0.25, -0.2) is 21.4 Å². The van der Waals surface area contributed by atoms with Gasteiger partial charge in [-0.15, -0.1) is 0 Å². The summed E-state index contributed by atoms with van der Waals surface area (Å²) in [7, 11) is -5.96. The van der Waals surface area contributed by atoms with Gasteiger partial charge in [-0.2, -0.15) is 0 Å². The molecule has 0 saturated carbocycles. The lowest BCUT2D eigenvalue weighted by atomic mass is 9.77. The highest BCUT2D eigenvalue weighted by Gasteiger charge is 2.43. The van der Waals surface area contributed by atoms with Gasteiger partial charge >= 0.3 is 5.97 Å². The lowest BCUT2D eigenvalue weighted by Gasteiger charge is -2.30. The molecule has 57 heavy (non-hydrogen) atoms. The summed E-state index contributed by atoms with van der Waals surface area (Å²) in [5.74, 6) is -0.191. The second-order valence-electron chi connectivity index (χ2n) is 15.1. The first-order valence-corrected chi connectivity index (χ1v) is 21.7. The van der Waals surface area contributed by atoms with Crippen molar-refractivity contribution in [3.05, 3.63) is 107 Å². The van der Waals surface area contributed by atoms with E-state index in [0.717, 1.165) is 22.2 Å². The highest BCUT2D eigenvalue weighted by Crippen LogP contribution is 2.51. The van der Waals surface area contributed by atoms with Gasteiger partial charge in [0.2, 0.25) is 5.36 Å². The fourth-order valence-corrected chi connectivity index (χ4v) is 8.02. The molecule has 310 valence electrons. The standard InChI is InChI=1S/C42H54N2O11S2/c1-41(2,3)35-29-32(55-38-28-31(17-19-34(35)38)43(23-25-53-5)24-26-54-6)14-10-8-7-9-11-15-39-42(4,21-12-16-40(45)46)36-30-33(57(50,51)52)18-20-37(36)44(39)22-13-27-56(47,48)49/h7-11,14-15,17-20,28-30H,12-13,16,21-27H2,1-6H3,(H2-,45,46,47,48,49,50,51,52)/p-1. The molecule has 1 aliphatic carbocycles. The maximum atomic E-state index is 12.0. The van der Waals surface area contributed by atoms with Gasteiger partial charge in [-0.1, -0.05) is 51.2 Å². The number of anilines is 1. The number of ether oxygens (including phenoxy) is 2. The van der Waals surface area contributed by atoms with Gasteiger partial charge in [-0.3, -0.25) is 4.79 Å². The van der Waals surface area contributed by atoms with Crippen LogP contribution in [0.5, 0.6) is 0 Å². The number of aliphatic carboxylic acids is 1. The Bertz CT molecular complexity index is 2270. The zero-order chi connectivity index (χ0) is 42.0. The highest BCUT2D eigenvalue weighted by molar-refractivity contribution is 7.86. The Hall–Kier alpha value is -4.38. The van der Waals surface area contributed by atoms with Crippen molar-refractivity contribution in [2.75, 3.05) is 57.7 Å². The highest BCUT2D eigenvalue weighted by atomic mass is 32.2. The first-order valence-electron chi connectivity index (χ1n) is 18.7. The van der Waals surface area contributed by atoms with Gasteiger partial charge in [0.1, 0.15) is 34.9 Å². The monoisotopic (exact) mass is 825 g/mol. The van der Waals surface area contributed by atoms with Gasteiger partial charge in [0, 0.05) is 61.4 Å². The first-order chi connectivity index (χ1) is 26.8. The average molecular weight is 826 g/mol. The molecule has 1 aromatic rings. The topological polar surface area (TPSA) is 190 Å². The van der Waals surface area contributed by atoms with E-state index < -0.39 is 42.3 Å². The molecule has 0 fully saturated rings. The normalized spacial score (nSPS) is 17.2. The van der Waals surface area contributed by atoms with E-state index in [2.05, 4.69) is 37.5 Å². The molecule has 0 aromatic heterocycles. The van der Waals surface area contributed by atoms with Crippen LogP contribution in [0.4, 0.5) is 5.69 Å². The van der Waals surface area contributed by atoms with E-state index in [1.54, 1.807) is 43.4 Å². The Labute approximate surface area is 336 Å². The third kappa shape index (κ3) is 12.3. The number of hydrogen-bond donors (Lipinski definition) is 1. The minimum Gasteiger partial charge on any atom is -0.748 e. The second kappa shape index (κ2) is 19.4. The minimum atomic E-state index is -4.81. The Morgan fingerprint density at radius 1 is 0.930 bits per heavy atom. The van der Waals surface area contributed by atoms with Crippen molar-refractivity contribution < 1.29 is 49.7 Å². The molecular formula is C42H53N2O11S2-. The number of nitrogens with zero attached hydrogens (tertiary/aromatic N) is 2. The smallest absolute Gasteiger partial charge is 0.303 e. The number of carboxylic acid groups (broad SMARTS) is 1. The largest absolute Gasteiger partial charge is 0.748 e. The number of methoxy groups -OCH3 is 2. The molecule has 2 aliphatic heterocycles. The summed E-state index contributed by atoms with van der Waals surface area (Å²) in [6.07, 6.45) is 13.1. The van der Waals surface area contributed by atoms with Gasteiger partial charge in [-0.05, 0) is 85.2 Å². The van der Waals surface area contributed by atoms with Crippen molar-refractivity contribution in [2.45, 2.75) is 69.1 Å². The maximum absolute atomic E-state index is 12.0.